The summed E-state index contributed by atoms with van der Waals surface area (Å²) in [5.74, 6) is -0.188. The van der Waals surface area contributed by atoms with Gasteiger partial charge in [-0.1, -0.05) is 0 Å². The van der Waals surface area contributed by atoms with Crippen LogP contribution in [-0.4, -0.2) is 22.9 Å². The number of aliphatic hydroxyl groups is 1. The number of pyridine rings is 1. The van der Waals surface area contributed by atoms with Gasteiger partial charge in [0.05, 0.1) is 6.61 Å². The largest absolute Gasteiger partial charge is 0.468 e. The fourth-order valence-corrected chi connectivity index (χ4v) is 0.825. The van der Waals surface area contributed by atoms with Gasteiger partial charge in [0, 0.05) is 11.8 Å². The molecule has 0 atom stereocenters. The van der Waals surface area contributed by atoms with Gasteiger partial charge in [0.15, 0.2) is 6.61 Å². The second-order valence-electron chi connectivity index (χ2n) is 2.53. The number of aliphatic hydroxyl groups excluding tert-OH is 1. The molecule has 1 N–H and O–H groups in total. The van der Waals surface area contributed by atoms with Crippen LogP contribution in [0.15, 0.2) is 18.3 Å². The van der Waals surface area contributed by atoms with Crippen molar-refractivity contribution in [2.75, 3.05) is 6.61 Å². The Morgan fingerprint density at radius 1 is 1.43 bits per heavy atom. The maximum absolute atomic E-state index is 11.8. The molecule has 0 unspecified atom stereocenters. The van der Waals surface area contributed by atoms with Crippen molar-refractivity contribution in [3.05, 3.63) is 23.9 Å². The Morgan fingerprint density at radius 2 is 2.14 bits per heavy atom. The summed E-state index contributed by atoms with van der Waals surface area (Å²) in [5, 5.41) is 8.75. The Kier molecular flexibility index (Phi) is 3.29. The molecule has 0 bridgehead atoms. The monoisotopic (exact) mass is 207 g/mol. The number of halogens is 3. The van der Waals surface area contributed by atoms with Gasteiger partial charge in [-0.2, -0.15) is 13.2 Å². The molecule has 1 rings (SSSR count). The quantitative estimate of drug-likeness (QED) is 0.816. The third-order valence-electron chi connectivity index (χ3n) is 1.39. The standard InChI is InChI=1S/C8H8F3NO2/c9-8(10,11)5-14-7-6(4-13)2-1-3-12-7/h1-3,13H,4-5H2. The van der Waals surface area contributed by atoms with E-state index in [9.17, 15) is 13.2 Å². The van der Waals surface area contributed by atoms with Crippen LogP contribution in [0.25, 0.3) is 0 Å². The smallest absolute Gasteiger partial charge is 0.422 e. The topological polar surface area (TPSA) is 42.4 Å². The number of hydrogen-bond acceptors (Lipinski definition) is 3. The first-order valence-electron chi connectivity index (χ1n) is 3.77. The van der Waals surface area contributed by atoms with Crippen LogP contribution < -0.4 is 4.74 Å². The first kappa shape index (κ1) is 10.8. The van der Waals surface area contributed by atoms with Crippen LogP contribution >= 0.6 is 0 Å². The first-order chi connectivity index (χ1) is 6.53. The highest BCUT2D eigenvalue weighted by atomic mass is 19.4. The van der Waals surface area contributed by atoms with Gasteiger partial charge >= 0.3 is 6.18 Å². The summed E-state index contributed by atoms with van der Waals surface area (Å²) in [6.07, 6.45) is -3.10. The zero-order chi connectivity index (χ0) is 10.6. The molecular formula is C8H8F3NO2. The molecule has 1 aromatic heterocycles. The van der Waals surface area contributed by atoms with Crippen LogP contribution in [0.2, 0.25) is 0 Å². The highest BCUT2D eigenvalue weighted by Crippen LogP contribution is 2.19. The third kappa shape index (κ3) is 3.21. The lowest BCUT2D eigenvalue weighted by atomic mass is 10.3. The fraction of sp³-hybridized carbons (Fsp3) is 0.375. The van der Waals surface area contributed by atoms with Crippen LogP contribution in [-0.2, 0) is 6.61 Å². The van der Waals surface area contributed by atoms with Gasteiger partial charge in [-0.25, -0.2) is 4.98 Å². The number of rotatable bonds is 3. The number of nitrogens with zero attached hydrogens (tertiary/aromatic N) is 1. The van der Waals surface area contributed by atoms with E-state index in [0.717, 1.165) is 0 Å². The molecule has 0 fully saturated rings. The van der Waals surface area contributed by atoms with Crippen molar-refractivity contribution in [3.63, 3.8) is 0 Å². The number of aromatic nitrogens is 1. The molecule has 0 amide bonds. The summed E-state index contributed by atoms with van der Waals surface area (Å²) >= 11 is 0. The molecule has 78 valence electrons. The summed E-state index contributed by atoms with van der Waals surface area (Å²) in [6.45, 7) is -1.81. The maximum Gasteiger partial charge on any atom is 0.422 e. The van der Waals surface area contributed by atoms with E-state index in [1.54, 1.807) is 0 Å². The second-order valence-corrected chi connectivity index (χ2v) is 2.53. The van der Waals surface area contributed by atoms with Crippen LogP contribution in [0, 0.1) is 0 Å². The zero-order valence-electron chi connectivity index (χ0n) is 7.08. The van der Waals surface area contributed by atoms with Crippen LogP contribution in [0.4, 0.5) is 13.2 Å². The lowest BCUT2D eigenvalue weighted by molar-refractivity contribution is -0.154. The van der Waals surface area contributed by atoms with Gasteiger partial charge < -0.3 is 9.84 Å². The Morgan fingerprint density at radius 3 is 2.71 bits per heavy atom. The summed E-state index contributed by atoms with van der Waals surface area (Å²) in [6, 6.07) is 2.95. The summed E-state index contributed by atoms with van der Waals surface area (Å²) in [4.78, 5) is 3.57. The predicted octanol–water partition coefficient (Wildman–Crippen LogP) is 1.51. The summed E-state index contributed by atoms with van der Waals surface area (Å²) in [7, 11) is 0. The van der Waals surface area contributed by atoms with Gasteiger partial charge in [0.2, 0.25) is 5.88 Å². The Hall–Kier alpha value is -1.30. The summed E-state index contributed by atoms with van der Waals surface area (Å²) in [5.41, 5.74) is 0.233. The molecule has 0 aromatic carbocycles. The Bertz CT molecular complexity index is 301. The molecule has 0 aliphatic heterocycles. The van der Waals surface area contributed by atoms with E-state index in [2.05, 4.69) is 9.72 Å². The minimum atomic E-state index is -4.40. The van der Waals surface area contributed by atoms with Gasteiger partial charge in [-0.15, -0.1) is 0 Å². The van der Waals surface area contributed by atoms with Crippen molar-refractivity contribution in [3.8, 4) is 5.88 Å². The minimum absolute atomic E-state index is 0.188. The molecule has 14 heavy (non-hydrogen) atoms. The van der Waals surface area contributed by atoms with Crippen LogP contribution in [0.5, 0.6) is 5.88 Å². The van der Waals surface area contributed by atoms with E-state index < -0.39 is 19.4 Å². The van der Waals surface area contributed by atoms with Gasteiger partial charge in [0.1, 0.15) is 0 Å². The highest BCUT2D eigenvalue weighted by Gasteiger charge is 2.29. The van der Waals surface area contributed by atoms with Crippen molar-refractivity contribution < 1.29 is 23.0 Å². The van der Waals surface area contributed by atoms with Gasteiger partial charge in [-0.3, -0.25) is 0 Å². The van der Waals surface area contributed by atoms with Crippen molar-refractivity contribution in [1.29, 1.82) is 0 Å². The van der Waals surface area contributed by atoms with Crippen LogP contribution in [0.3, 0.4) is 0 Å². The third-order valence-corrected chi connectivity index (χ3v) is 1.39. The van der Waals surface area contributed by atoms with E-state index in [0.29, 0.717) is 0 Å². The average molecular weight is 207 g/mol. The molecule has 0 saturated carbocycles. The second kappa shape index (κ2) is 4.28. The molecule has 0 radical (unpaired) electrons. The first-order valence-corrected chi connectivity index (χ1v) is 3.77. The van der Waals surface area contributed by atoms with E-state index in [-0.39, 0.29) is 11.4 Å². The Balaban J connectivity index is 2.67. The Labute approximate surface area is 78.2 Å². The predicted molar refractivity (Wildman–Crippen MR) is 41.7 cm³/mol. The highest BCUT2D eigenvalue weighted by molar-refractivity contribution is 5.24. The number of ether oxygens (including phenoxy) is 1. The van der Waals surface area contributed by atoms with Gasteiger partial charge in [0.25, 0.3) is 0 Å². The van der Waals surface area contributed by atoms with E-state index >= 15 is 0 Å². The molecule has 0 saturated heterocycles. The molecule has 0 aliphatic carbocycles. The lowest BCUT2D eigenvalue weighted by Crippen LogP contribution is -2.20. The van der Waals surface area contributed by atoms with E-state index in [1.807, 2.05) is 0 Å². The maximum atomic E-state index is 11.8. The SMILES string of the molecule is OCc1cccnc1OCC(F)(F)F. The molecular weight excluding hydrogens is 199 g/mol. The van der Waals surface area contributed by atoms with Gasteiger partial charge in [-0.05, 0) is 12.1 Å². The molecule has 0 aliphatic rings. The molecule has 3 nitrogen and oxygen atoms in total. The lowest BCUT2D eigenvalue weighted by Gasteiger charge is -2.10. The van der Waals surface area contributed by atoms with Crippen molar-refractivity contribution in [2.24, 2.45) is 0 Å². The summed E-state index contributed by atoms with van der Waals surface area (Å²) < 4.78 is 39.7. The molecule has 6 heteroatoms. The fourth-order valence-electron chi connectivity index (χ4n) is 0.825. The zero-order valence-corrected chi connectivity index (χ0v) is 7.08. The van der Waals surface area contributed by atoms with E-state index in [1.165, 1.54) is 18.3 Å². The number of alkyl halides is 3. The molecule has 1 aromatic rings. The van der Waals surface area contributed by atoms with Crippen molar-refractivity contribution in [1.82, 2.24) is 4.98 Å². The molecule has 1 heterocycles. The minimum Gasteiger partial charge on any atom is -0.468 e. The van der Waals surface area contributed by atoms with Crippen LogP contribution in [0.1, 0.15) is 5.56 Å². The van der Waals surface area contributed by atoms with Crippen molar-refractivity contribution in [2.45, 2.75) is 12.8 Å². The average Bonchev–Trinajstić information content (AvgIpc) is 2.14. The normalized spacial score (nSPS) is 11.4. The molecule has 0 spiro atoms. The number of hydrogen-bond donors (Lipinski definition) is 1. The van der Waals surface area contributed by atoms with E-state index in [4.69, 9.17) is 5.11 Å². The van der Waals surface area contributed by atoms with Crippen molar-refractivity contribution >= 4 is 0 Å².